The van der Waals surface area contributed by atoms with Crippen LogP contribution in [0.1, 0.15) is 17.3 Å². The summed E-state index contributed by atoms with van der Waals surface area (Å²) in [5, 5.41) is 1.28. The van der Waals surface area contributed by atoms with Gasteiger partial charge < -0.3 is 9.46 Å². The average Bonchev–Trinajstić information content (AvgIpc) is 2.84. The smallest absolute Gasteiger partial charge is 0.338 e. The third kappa shape index (κ3) is 5.69. The molecule has 4 rings (SSSR count). The van der Waals surface area contributed by atoms with Crippen molar-refractivity contribution in [2.75, 3.05) is 11.3 Å². The van der Waals surface area contributed by atoms with E-state index in [0.717, 1.165) is 32.8 Å². The first-order valence-electron chi connectivity index (χ1n) is 10.2. The van der Waals surface area contributed by atoms with Gasteiger partial charge in [0.15, 0.2) is 0 Å². The number of nitrogens with one attached hydrogen (secondary N) is 1. The van der Waals surface area contributed by atoms with Crippen molar-refractivity contribution in [1.82, 2.24) is 4.98 Å². The SMILES string of the molecule is CCOC(=O)c1cc(-c2ccc(Cl)cc2)c(NSc2ccncc2)c(-c2ccc(Cl)cc2)c1. The van der Waals surface area contributed by atoms with Crippen LogP contribution in [-0.2, 0) is 4.74 Å². The van der Waals surface area contributed by atoms with Crippen LogP contribution in [0.4, 0.5) is 5.69 Å². The van der Waals surface area contributed by atoms with E-state index < -0.39 is 0 Å². The minimum atomic E-state index is -0.378. The molecule has 0 aliphatic rings. The van der Waals surface area contributed by atoms with Crippen LogP contribution in [0, 0.1) is 0 Å². The zero-order valence-corrected chi connectivity index (χ0v) is 20.0. The molecule has 7 heteroatoms. The molecule has 0 unspecified atom stereocenters. The zero-order valence-electron chi connectivity index (χ0n) is 17.7. The van der Waals surface area contributed by atoms with E-state index in [1.54, 1.807) is 19.3 Å². The second-order valence-electron chi connectivity index (χ2n) is 7.07. The maximum absolute atomic E-state index is 12.7. The van der Waals surface area contributed by atoms with Crippen molar-refractivity contribution in [3.63, 3.8) is 0 Å². The highest BCUT2D eigenvalue weighted by molar-refractivity contribution is 8.00. The van der Waals surface area contributed by atoms with Gasteiger partial charge >= 0.3 is 5.97 Å². The lowest BCUT2D eigenvalue weighted by Gasteiger charge is -2.19. The van der Waals surface area contributed by atoms with E-state index in [4.69, 9.17) is 27.9 Å². The Morgan fingerprint density at radius 3 is 1.88 bits per heavy atom. The van der Waals surface area contributed by atoms with E-state index in [0.29, 0.717) is 22.2 Å². The Hall–Kier alpha value is -2.99. The van der Waals surface area contributed by atoms with Crippen LogP contribution < -0.4 is 4.72 Å². The summed E-state index contributed by atoms with van der Waals surface area (Å²) in [7, 11) is 0. The maximum atomic E-state index is 12.7. The van der Waals surface area contributed by atoms with Crippen LogP contribution in [0.15, 0.2) is 90.1 Å². The number of halogens is 2. The second-order valence-corrected chi connectivity index (χ2v) is 8.82. The number of rotatable bonds is 7. The molecule has 0 atom stereocenters. The normalized spacial score (nSPS) is 10.6. The van der Waals surface area contributed by atoms with E-state index in [9.17, 15) is 4.79 Å². The highest BCUT2D eigenvalue weighted by Gasteiger charge is 2.19. The largest absolute Gasteiger partial charge is 0.462 e. The van der Waals surface area contributed by atoms with E-state index in [1.807, 2.05) is 72.8 Å². The van der Waals surface area contributed by atoms with E-state index in [1.165, 1.54) is 11.9 Å². The zero-order chi connectivity index (χ0) is 23.2. The molecule has 0 aliphatic heterocycles. The molecule has 0 amide bonds. The molecule has 1 N–H and O–H groups in total. The van der Waals surface area contributed by atoms with Gasteiger partial charge in [0.05, 0.1) is 17.9 Å². The fourth-order valence-corrected chi connectivity index (χ4v) is 4.26. The van der Waals surface area contributed by atoms with Gasteiger partial charge in [-0.1, -0.05) is 47.5 Å². The summed E-state index contributed by atoms with van der Waals surface area (Å²) in [6.07, 6.45) is 3.49. The topological polar surface area (TPSA) is 51.2 Å². The molecule has 0 saturated carbocycles. The monoisotopic (exact) mass is 494 g/mol. The molecule has 4 aromatic rings. The summed E-state index contributed by atoms with van der Waals surface area (Å²) in [6.45, 7) is 2.09. The van der Waals surface area contributed by atoms with Gasteiger partial charge in [0.2, 0.25) is 0 Å². The molecular weight excluding hydrogens is 475 g/mol. The minimum absolute atomic E-state index is 0.295. The molecule has 166 valence electrons. The highest BCUT2D eigenvalue weighted by atomic mass is 35.5. The molecule has 0 spiro atoms. The Labute approximate surface area is 207 Å². The van der Waals surface area contributed by atoms with E-state index >= 15 is 0 Å². The number of carbonyl (C=O) groups is 1. The third-order valence-corrected chi connectivity index (χ3v) is 6.20. The highest BCUT2D eigenvalue weighted by Crippen LogP contribution is 2.41. The van der Waals surface area contributed by atoms with Crippen LogP contribution in [0.2, 0.25) is 10.0 Å². The average molecular weight is 495 g/mol. The molecule has 0 aliphatic carbocycles. The molecule has 1 heterocycles. The summed E-state index contributed by atoms with van der Waals surface area (Å²) in [5.41, 5.74) is 4.85. The van der Waals surface area contributed by atoms with E-state index in [2.05, 4.69) is 9.71 Å². The Balaban J connectivity index is 1.90. The van der Waals surface area contributed by atoms with Crippen molar-refractivity contribution in [3.05, 3.63) is 101 Å². The van der Waals surface area contributed by atoms with Crippen LogP contribution >= 0.6 is 35.1 Å². The Kier molecular flexibility index (Phi) is 7.55. The van der Waals surface area contributed by atoms with Crippen molar-refractivity contribution < 1.29 is 9.53 Å². The van der Waals surface area contributed by atoms with Gasteiger partial charge in [0.25, 0.3) is 0 Å². The number of ether oxygens (including phenoxy) is 1. The molecule has 33 heavy (non-hydrogen) atoms. The molecule has 0 radical (unpaired) electrons. The fourth-order valence-electron chi connectivity index (χ4n) is 3.31. The molecule has 0 bridgehead atoms. The van der Waals surface area contributed by atoms with Gasteiger partial charge in [-0.2, -0.15) is 0 Å². The Bertz CT molecular complexity index is 1180. The second kappa shape index (κ2) is 10.8. The quantitative estimate of drug-likeness (QED) is 0.208. The molecule has 4 nitrogen and oxygen atoms in total. The first kappa shape index (κ1) is 23.2. The first-order valence-corrected chi connectivity index (χ1v) is 11.8. The predicted molar refractivity (Wildman–Crippen MR) is 137 cm³/mol. The van der Waals surface area contributed by atoms with Crippen molar-refractivity contribution >= 4 is 46.8 Å². The third-order valence-electron chi connectivity index (χ3n) is 4.88. The lowest BCUT2D eigenvalue weighted by atomic mass is 9.93. The standard InChI is InChI=1S/C26H20Cl2N2O2S/c1-2-32-26(31)19-15-23(17-3-7-20(27)8-4-17)25(30-33-22-11-13-29-14-12-22)24(16-19)18-5-9-21(28)10-6-18/h3-16,30H,2H2,1H3. The molecule has 0 saturated heterocycles. The van der Waals surface area contributed by atoms with Gasteiger partial charge in [0.1, 0.15) is 0 Å². The lowest BCUT2D eigenvalue weighted by Crippen LogP contribution is -2.06. The number of hydrogen-bond acceptors (Lipinski definition) is 5. The summed E-state index contributed by atoms with van der Waals surface area (Å²) < 4.78 is 8.80. The molecular formula is C26H20Cl2N2O2S. The van der Waals surface area contributed by atoms with Crippen LogP contribution in [0.5, 0.6) is 0 Å². The van der Waals surface area contributed by atoms with Crippen LogP contribution in [0.3, 0.4) is 0 Å². The van der Waals surface area contributed by atoms with Crippen molar-refractivity contribution in [2.24, 2.45) is 0 Å². The van der Waals surface area contributed by atoms with E-state index in [-0.39, 0.29) is 5.97 Å². The minimum Gasteiger partial charge on any atom is -0.462 e. The number of hydrogen-bond donors (Lipinski definition) is 1. The predicted octanol–water partition coefficient (Wildman–Crippen LogP) is 8.02. The number of carbonyl (C=O) groups excluding carboxylic acids is 1. The molecule has 0 fully saturated rings. The van der Waals surface area contributed by atoms with Crippen LogP contribution in [-0.4, -0.2) is 17.6 Å². The number of aromatic nitrogens is 1. The summed E-state index contributed by atoms with van der Waals surface area (Å²) in [5.74, 6) is -0.378. The van der Waals surface area contributed by atoms with Gasteiger partial charge in [-0.05, 0) is 78.5 Å². The van der Waals surface area contributed by atoms with Gasteiger partial charge in [-0.25, -0.2) is 4.79 Å². The number of benzene rings is 3. The van der Waals surface area contributed by atoms with Gasteiger partial charge in [-0.3, -0.25) is 4.98 Å². The van der Waals surface area contributed by atoms with Gasteiger partial charge in [0, 0.05) is 38.5 Å². The van der Waals surface area contributed by atoms with Crippen LogP contribution in [0.25, 0.3) is 22.3 Å². The summed E-state index contributed by atoms with van der Waals surface area (Å²) >= 11 is 13.7. The number of esters is 1. The Morgan fingerprint density at radius 1 is 0.879 bits per heavy atom. The summed E-state index contributed by atoms with van der Waals surface area (Å²) in [6, 6.07) is 22.6. The Morgan fingerprint density at radius 2 is 1.39 bits per heavy atom. The lowest BCUT2D eigenvalue weighted by molar-refractivity contribution is 0.0526. The summed E-state index contributed by atoms with van der Waals surface area (Å²) in [4.78, 5) is 17.8. The first-order chi connectivity index (χ1) is 16.0. The van der Waals surface area contributed by atoms with Crippen molar-refractivity contribution in [1.29, 1.82) is 0 Å². The number of nitrogens with zero attached hydrogens (tertiary/aromatic N) is 1. The number of pyridine rings is 1. The number of anilines is 1. The molecule has 3 aromatic carbocycles. The molecule has 1 aromatic heterocycles. The van der Waals surface area contributed by atoms with Crippen molar-refractivity contribution in [3.8, 4) is 22.3 Å². The maximum Gasteiger partial charge on any atom is 0.338 e. The fraction of sp³-hybridized carbons (Fsp3) is 0.0769. The van der Waals surface area contributed by atoms with Crippen molar-refractivity contribution in [2.45, 2.75) is 11.8 Å². The van der Waals surface area contributed by atoms with Gasteiger partial charge in [-0.15, -0.1) is 0 Å².